The largest absolute Gasteiger partial charge is 0.506 e. The van der Waals surface area contributed by atoms with Crippen LogP contribution in [-0.4, -0.2) is 17.5 Å². The molecule has 0 spiro atoms. The molecule has 0 unspecified atom stereocenters. The number of phenolic OH excluding ortho intramolecular Hbond substituents is 1. The molecule has 2 aromatic rings. The van der Waals surface area contributed by atoms with Crippen molar-refractivity contribution in [2.45, 2.75) is 6.92 Å². The third-order valence-electron chi connectivity index (χ3n) is 2.93. The molecule has 0 fully saturated rings. The van der Waals surface area contributed by atoms with Gasteiger partial charge < -0.3 is 9.84 Å². The number of benzene rings is 2. The molecule has 114 valence electrons. The van der Waals surface area contributed by atoms with Crippen molar-refractivity contribution in [2.24, 2.45) is 0 Å². The Hall–Kier alpha value is -1.53. The van der Waals surface area contributed by atoms with E-state index in [1.807, 2.05) is 53.8 Å². The summed E-state index contributed by atoms with van der Waals surface area (Å²) in [7, 11) is 0. The van der Waals surface area contributed by atoms with Gasteiger partial charge in [-0.25, -0.2) is 0 Å². The molecule has 0 aliphatic heterocycles. The fourth-order valence-electron chi connectivity index (χ4n) is 1.91. The molecular weight excluding hydrogens is 415 g/mol. The van der Waals surface area contributed by atoms with E-state index < -0.39 is 0 Å². The second-order valence-corrected chi connectivity index (χ2v) is 6.05. The van der Waals surface area contributed by atoms with Crippen molar-refractivity contribution in [3.8, 4) is 11.5 Å². The van der Waals surface area contributed by atoms with Gasteiger partial charge in [-0.1, -0.05) is 29.8 Å². The molecule has 0 bridgehead atoms. The predicted octanol–water partition coefficient (Wildman–Crippen LogP) is 4.95. The van der Waals surface area contributed by atoms with Gasteiger partial charge in [0.05, 0.1) is 15.7 Å². The Morgan fingerprint density at radius 3 is 2.82 bits per heavy atom. The van der Waals surface area contributed by atoms with Crippen LogP contribution in [-0.2, 0) is 0 Å². The van der Waals surface area contributed by atoms with E-state index in [2.05, 4.69) is 0 Å². The van der Waals surface area contributed by atoms with Crippen LogP contribution in [0.2, 0.25) is 5.02 Å². The number of ketones is 1. The van der Waals surface area contributed by atoms with Crippen LogP contribution in [0, 0.1) is 3.57 Å². The summed E-state index contributed by atoms with van der Waals surface area (Å²) in [6, 6.07) is 10.5. The molecule has 0 heterocycles. The predicted molar refractivity (Wildman–Crippen MR) is 96.8 cm³/mol. The molecule has 3 nitrogen and oxygen atoms in total. The van der Waals surface area contributed by atoms with Gasteiger partial charge in [0.2, 0.25) is 0 Å². The highest BCUT2D eigenvalue weighted by atomic mass is 127. The number of hydrogen-bond acceptors (Lipinski definition) is 3. The third-order valence-corrected chi connectivity index (χ3v) is 3.97. The molecule has 2 aromatic carbocycles. The molecular formula is C17H14ClIO3. The van der Waals surface area contributed by atoms with Crippen LogP contribution >= 0.6 is 34.2 Å². The van der Waals surface area contributed by atoms with Crippen molar-refractivity contribution in [1.82, 2.24) is 0 Å². The second-order valence-electron chi connectivity index (χ2n) is 4.45. The van der Waals surface area contributed by atoms with E-state index in [0.717, 1.165) is 5.56 Å². The normalized spacial score (nSPS) is 10.9. The zero-order valence-electron chi connectivity index (χ0n) is 11.8. The van der Waals surface area contributed by atoms with Gasteiger partial charge >= 0.3 is 0 Å². The van der Waals surface area contributed by atoms with Crippen LogP contribution in [0.25, 0.3) is 6.08 Å². The van der Waals surface area contributed by atoms with Gasteiger partial charge in [-0.2, -0.15) is 0 Å². The first-order valence-corrected chi connectivity index (χ1v) is 8.11. The van der Waals surface area contributed by atoms with Gasteiger partial charge in [0.1, 0.15) is 11.5 Å². The Bertz CT molecular complexity index is 726. The lowest BCUT2D eigenvalue weighted by Gasteiger charge is -2.07. The maximum absolute atomic E-state index is 12.3. The lowest BCUT2D eigenvalue weighted by Crippen LogP contribution is -1.97. The number of para-hydroxylation sites is 1. The zero-order chi connectivity index (χ0) is 16.1. The van der Waals surface area contributed by atoms with Crippen LogP contribution in [0.15, 0.2) is 42.5 Å². The lowest BCUT2D eigenvalue weighted by molar-refractivity contribution is 0.104. The minimum Gasteiger partial charge on any atom is -0.506 e. The molecule has 22 heavy (non-hydrogen) atoms. The van der Waals surface area contributed by atoms with Gasteiger partial charge in [0.15, 0.2) is 5.78 Å². The molecule has 0 radical (unpaired) electrons. The second kappa shape index (κ2) is 7.65. The first-order chi connectivity index (χ1) is 10.5. The summed E-state index contributed by atoms with van der Waals surface area (Å²) in [4.78, 5) is 12.3. The quantitative estimate of drug-likeness (QED) is 0.417. The van der Waals surface area contributed by atoms with Crippen molar-refractivity contribution in [3.05, 3.63) is 62.2 Å². The Kier molecular flexibility index (Phi) is 5.85. The van der Waals surface area contributed by atoms with Crippen LogP contribution in [0.3, 0.4) is 0 Å². The molecule has 0 aliphatic rings. The summed E-state index contributed by atoms with van der Waals surface area (Å²) in [5, 5.41) is 10.4. The van der Waals surface area contributed by atoms with E-state index in [9.17, 15) is 9.90 Å². The molecule has 0 saturated carbocycles. The fourth-order valence-corrected chi connectivity index (χ4v) is 2.94. The molecule has 0 aliphatic carbocycles. The Morgan fingerprint density at radius 2 is 2.09 bits per heavy atom. The van der Waals surface area contributed by atoms with Gasteiger partial charge in [-0.15, -0.1) is 0 Å². The molecule has 2 rings (SSSR count). The molecule has 0 aromatic heterocycles. The summed E-state index contributed by atoms with van der Waals surface area (Å²) >= 11 is 7.87. The number of carbonyl (C=O) groups is 1. The average molecular weight is 429 g/mol. The number of aromatic hydroxyl groups is 1. The Labute approximate surface area is 147 Å². The van der Waals surface area contributed by atoms with Crippen LogP contribution in [0.5, 0.6) is 11.5 Å². The smallest absolute Gasteiger partial charge is 0.189 e. The maximum Gasteiger partial charge on any atom is 0.189 e. The highest BCUT2D eigenvalue weighted by Crippen LogP contribution is 2.29. The summed E-state index contributed by atoms with van der Waals surface area (Å²) in [5.41, 5.74) is 0.982. The minimum atomic E-state index is -0.316. The highest BCUT2D eigenvalue weighted by molar-refractivity contribution is 14.1. The maximum atomic E-state index is 12.3. The summed E-state index contributed by atoms with van der Waals surface area (Å²) < 4.78 is 6.04. The highest BCUT2D eigenvalue weighted by Gasteiger charge is 2.13. The van der Waals surface area contributed by atoms with E-state index >= 15 is 0 Å². The zero-order valence-corrected chi connectivity index (χ0v) is 14.8. The van der Waals surface area contributed by atoms with Gasteiger partial charge in [-0.05, 0) is 59.9 Å². The number of halogens is 2. The fraction of sp³-hybridized carbons (Fsp3) is 0.118. The van der Waals surface area contributed by atoms with E-state index in [1.165, 1.54) is 12.1 Å². The summed E-state index contributed by atoms with van der Waals surface area (Å²) in [5.74, 6) is 0.334. The van der Waals surface area contributed by atoms with Crippen LogP contribution in [0.1, 0.15) is 22.8 Å². The topological polar surface area (TPSA) is 46.5 Å². The van der Waals surface area contributed by atoms with E-state index in [-0.39, 0.29) is 17.1 Å². The van der Waals surface area contributed by atoms with Crippen molar-refractivity contribution in [1.29, 1.82) is 0 Å². The monoisotopic (exact) mass is 428 g/mol. The van der Waals surface area contributed by atoms with Crippen LogP contribution < -0.4 is 4.74 Å². The number of ether oxygens (including phenoxy) is 1. The first kappa shape index (κ1) is 16.8. The van der Waals surface area contributed by atoms with E-state index in [4.69, 9.17) is 16.3 Å². The summed E-state index contributed by atoms with van der Waals surface area (Å²) in [6.07, 6.45) is 3.07. The Morgan fingerprint density at radius 1 is 1.36 bits per heavy atom. The van der Waals surface area contributed by atoms with Crippen LogP contribution in [0.4, 0.5) is 0 Å². The van der Waals surface area contributed by atoms with Crippen molar-refractivity contribution >= 4 is 46.1 Å². The van der Waals surface area contributed by atoms with Crippen molar-refractivity contribution in [3.63, 3.8) is 0 Å². The number of carbonyl (C=O) groups excluding carboxylic acids is 1. The number of phenols is 1. The molecule has 0 saturated heterocycles. The average Bonchev–Trinajstić information content (AvgIpc) is 2.50. The minimum absolute atomic E-state index is 0.0576. The Balaban J connectivity index is 2.29. The van der Waals surface area contributed by atoms with Gasteiger partial charge in [0, 0.05) is 10.6 Å². The van der Waals surface area contributed by atoms with Gasteiger partial charge in [0.25, 0.3) is 0 Å². The SMILES string of the molecule is CCOc1ccccc1/C=C/C(=O)c1cc(Cl)cc(I)c1O. The molecule has 1 N–H and O–H groups in total. The first-order valence-electron chi connectivity index (χ1n) is 6.65. The molecule has 5 heteroatoms. The third kappa shape index (κ3) is 4.01. The van der Waals surface area contributed by atoms with E-state index in [0.29, 0.717) is 20.9 Å². The standard InChI is InChI=1S/C17H14ClIO3/c1-2-22-16-6-4-3-5-11(16)7-8-15(20)13-9-12(18)10-14(19)17(13)21/h3-10,21H,2H2,1H3/b8-7+. The van der Waals surface area contributed by atoms with Gasteiger partial charge in [-0.3, -0.25) is 4.79 Å². The molecule has 0 atom stereocenters. The number of hydrogen-bond donors (Lipinski definition) is 1. The molecule has 0 amide bonds. The summed E-state index contributed by atoms with van der Waals surface area (Å²) in [6.45, 7) is 2.45. The lowest BCUT2D eigenvalue weighted by atomic mass is 10.1. The van der Waals surface area contributed by atoms with Crippen molar-refractivity contribution in [2.75, 3.05) is 6.61 Å². The number of rotatable bonds is 5. The van der Waals surface area contributed by atoms with Crippen molar-refractivity contribution < 1.29 is 14.6 Å². The number of allylic oxidation sites excluding steroid dienone is 1. The van der Waals surface area contributed by atoms with E-state index in [1.54, 1.807) is 12.1 Å².